The number of aliphatic hydroxyl groups excluding tert-OH is 1. The number of aliphatic hydroxyl groups is 1. The van der Waals surface area contributed by atoms with Gasteiger partial charge in [-0.05, 0) is 48.2 Å². The third-order valence-corrected chi connectivity index (χ3v) is 4.65. The van der Waals surface area contributed by atoms with Gasteiger partial charge in [-0.2, -0.15) is 0 Å². The molecule has 0 aliphatic carbocycles. The van der Waals surface area contributed by atoms with Gasteiger partial charge in [0.15, 0.2) is 0 Å². The van der Waals surface area contributed by atoms with Crippen molar-refractivity contribution >= 4 is 5.69 Å². The molecule has 0 spiro atoms. The highest BCUT2D eigenvalue weighted by molar-refractivity contribution is 5.51. The van der Waals surface area contributed by atoms with Gasteiger partial charge in [0.2, 0.25) is 0 Å². The molecule has 0 aliphatic rings. The number of anilines is 1. The van der Waals surface area contributed by atoms with E-state index in [9.17, 15) is 5.11 Å². The average Bonchev–Trinajstić information content (AvgIpc) is 2.65. The summed E-state index contributed by atoms with van der Waals surface area (Å²) in [6.07, 6.45) is -0.522. The highest BCUT2D eigenvalue weighted by atomic mass is 16.3. The molecule has 0 aromatic heterocycles. The standard InChI is InChI=1S/C23H25NO/c1-18-13-14-22(15-19(18)2)24(16-20-9-5-3-6-10-20)17-23(25)21-11-7-4-8-12-21/h3-15,23,25H,16-17H2,1-2H3. The lowest BCUT2D eigenvalue weighted by atomic mass is 10.1. The van der Waals surface area contributed by atoms with Crippen LogP contribution >= 0.6 is 0 Å². The molecule has 0 heterocycles. The van der Waals surface area contributed by atoms with E-state index < -0.39 is 6.10 Å². The van der Waals surface area contributed by atoms with E-state index in [1.54, 1.807) is 0 Å². The lowest BCUT2D eigenvalue weighted by Gasteiger charge is -2.28. The molecule has 0 radical (unpaired) electrons. The number of benzene rings is 3. The van der Waals surface area contributed by atoms with Crippen LogP contribution in [0.25, 0.3) is 0 Å². The third-order valence-electron chi connectivity index (χ3n) is 4.65. The van der Waals surface area contributed by atoms with Gasteiger partial charge in [0, 0.05) is 18.8 Å². The fourth-order valence-electron chi connectivity index (χ4n) is 2.98. The Balaban J connectivity index is 1.87. The molecule has 0 fully saturated rings. The summed E-state index contributed by atoms with van der Waals surface area (Å²) in [5.74, 6) is 0. The number of hydrogen-bond donors (Lipinski definition) is 1. The summed E-state index contributed by atoms with van der Waals surface area (Å²) >= 11 is 0. The van der Waals surface area contributed by atoms with Crippen molar-refractivity contribution in [2.24, 2.45) is 0 Å². The summed E-state index contributed by atoms with van der Waals surface area (Å²) in [6, 6.07) is 26.8. The van der Waals surface area contributed by atoms with Gasteiger partial charge >= 0.3 is 0 Å². The van der Waals surface area contributed by atoms with Gasteiger partial charge in [-0.25, -0.2) is 0 Å². The summed E-state index contributed by atoms with van der Waals surface area (Å²) in [5, 5.41) is 10.7. The van der Waals surface area contributed by atoms with E-state index in [1.807, 2.05) is 36.4 Å². The third kappa shape index (κ3) is 4.49. The van der Waals surface area contributed by atoms with Crippen molar-refractivity contribution < 1.29 is 5.11 Å². The first-order chi connectivity index (χ1) is 12.1. The van der Waals surface area contributed by atoms with E-state index in [-0.39, 0.29) is 0 Å². The van der Waals surface area contributed by atoms with Gasteiger partial charge in [-0.15, -0.1) is 0 Å². The fraction of sp³-hybridized carbons (Fsp3) is 0.217. The summed E-state index contributed by atoms with van der Waals surface area (Å²) in [7, 11) is 0. The predicted molar refractivity (Wildman–Crippen MR) is 105 cm³/mol. The quantitative estimate of drug-likeness (QED) is 0.684. The van der Waals surface area contributed by atoms with Crippen molar-refractivity contribution in [1.82, 2.24) is 0 Å². The molecular weight excluding hydrogens is 306 g/mol. The Labute approximate surface area is 150 Å². The minimum absolute atomic E-state index is 0.522. The molecule has 0 bridgehead atoms. The monoisotopic (exact) mass is 331 g/mol. The topological polar surface area (TPSA) is 23.5 Å². The van der Waals surface area contributed by atoms with E-state index >= 15 is 0 Å². The van der Waals surface area contributed by atoms with Crippen molar-refractivity contribution in [2.75, 3.05) is 11.4 Å². The van der Waals surface area contributed by atoms with E-state index in [2.05, 4.69) is 61.2 Å². The normalized spacial score (nSPS) is 12.0. The van der Waals surface area contributed by atoms with E-state index in [0.29, 0.717) is 6.54 Å². The van der Waals surface area contributed by atoms with Crippen LogP contribution in [0.2, 0.25) is 0 Å². The van der Waals surface area contributed by atoms with Crippen LogP contribution in [0.15, 0.2) is 78.9 Å². The highest BCUT2D eigenvalue weighted by Gasteiger charge is 2.15. The second-order valence-electron chi connectivity index (χ2n) is 6.56. The highest BCUT2D eigenvalue weighted by Crippen LogP contribution is 2.24. The fourth-order valence-corrected chi connectivity index (χ4v) is 2.98. The molecule has 1 atom stereocenters. The summed E-state index contributed by atoms with van der Waals surface area (Å²) in [4.78, 5) is 2.25. The van der Waals surface area contributed by atoms with Crippen molar-refractivity contribution in [3.8, 4) is 0 Å². The van der Waals surface area contributed by atoms with Gasteiger partial charge in [0.1, 0.15) is 0 Å². The van der Waals surface area contributed by atoms with Gasteiger partial charge in [0.25, 0.3) is 0 Å². The molecule has 3 aromatic carbocycles. The van der Waals surface area contributed by atoms with Crippen molar-refractivity contribution in [2.45, 2.75) is 26.5 Å². The van der Waals surface area contributed by atoms with E-state index in [1.165, 1.54) is 16.7 Å². The Morgan fingerprint density at radius 1 is 0.800 bits per heavy atom. The molecule has 0 saturated carbocycles. The molecule has 0 amide bonds. The molecule has 0 aliphatic heterocycles. The lowest BCUT2D eigenvalue weighted by Crippen LogP contribution is -2.28. The van der Waals surface area contributed by atoms with Crippen LogP contribution < -0.4 is 4.90 Å². The second kappa shape index (κ2) is 8.00. The van der Waals surface area contributed by atoms with Gasteiger partial charge in [0.05, 0.1) is 6.10 Å². The maximum absolute atomic E-state index is 10.7. The van der Waals surface area contributed by atoms with Crippen LogP contribution in [-0.2, 0) is 6.54 Å². The van der Waals surface area contributed by atoms with Gasteiger partial charge in [-0.3, -0.25) is 0 Å². The zero-order chi connectivity index (χ0) is 17.6. The Morgan fingerprint density at radius 3 is 2.08 bits per heavy atom. The summed E-state index contributed by atoms with van der Waals surface area (Å²) in [5.41, 5.74) is 5.88. The smallest absolute Gasteiger partial charge is 0.0964 e. The Kier molecular flexibility index (Phi) is 5.52. The molecule has 25 heavy (non-hydrogen) atoms. The summed E-state index contributed by atoms with van der Waals surface area (Å²) < 4.78 is 0. The van der Waals surface area contributed by atoms with Crippen LogP contribution in [0.4, 0.5) is 5.69 Å². The largest absolute Gasteiger partial charge is 0.387 e. The van der Waals surface area contributed by atoms with Gasteiger partial charge in [-0.1, -0.05) is 66.7 Å². The molecule has 0 saturated heterocycles. The van der Waals surface area contributed by atoms with Crippen molar-refractivity contribution in [3.05, 3.63) is 101 Å². The van der Waals surface area contributed by atoms with Gasteiger partial charge < -0.3 is 10.0 Å². The lowest BCUT2D eigenvalue weighted by molar-refractivity contribution is 0.183. The number of rotatable bonds is 6. The Hall–Kier alpha value is -2.58. The summed E-state index contributed by atoms with van der Waals surface area (Å²) in [6.45, 7) is 5.58. The Bertz CT molecular complexity index is 799. The number of nitrogens with zero attached hydrogens (tertiary/aromatic N) is 1. The van der Waals surface area contributed by atoms with Crippen LogP contribution in [0, 0.1) is 13.8 Å². The first kappa shape index (κ1) is 17.2. The maximum atomic E-state index is 10.7. The zero-order valence-electron chi connectivity index (χ0n) is 14.9. The molecule has 128 valence electrons. The first-order valence-electron chi connectivity index (χ1n) is 8.72. The molecule has 2 heteroatoms. The first-order valence-corrected chi connectivity index (χ1v) is 8.72. The minimum atomic E-state index is -0.522. The SMILES string of the molecule is Cc1ccc(N(Cc2ccccc2)CC(O)c2ccccc2)cc1C. The zero-order valence-corrected chi connectivity index (χ0v) is 14.9. The molecule has 2 nitrogen and oxygen atoms in total. The van der Waals surface area contributed by atoms with Crippen LogP contribution in [0.5, 0.6) is 0 Å². The minimum Gasteiger partial charge on any atom is -0.387 e. The molecule has 3 aromatic rings. The predicted octanol–water partition coefficient (Wildman–Crippen LogP) is 5.04. The maximum Gasteiger partial charge on any atom is 0.0964 e. The number of aryl methyl sites for hydroxylation is 2. The number of hydrogen-bond acceptors (Lipinski definition) is 2. The molecule has 1 unspecified atom stereocenters. The molecule has 1 N–H and O–H groups in total. The van der Waals surface area contributed by atoms with Crippen LogP contribution in [0.3, 0.4) is 0 Å². The van der Waals surface area contributed by atoms with Crippen LogP contribution in [-0.4, -0.2) is 11.7 Å². The van der Waals surface area contributed by atoms with Crippen LogP contribution in [0.1, 0.15) is 28.4 Å². The van der Waals surface area contributed by atoms with E-state index in [0.717, 1.165) is 17.8 Å². The molecular formula is C23H25NO. The Morgan fingerprint density at radius 2 is 1.44 bits per heavy atom. The van der Waals surface area contributed by atoms with E-state index in [4.69, 9.17) is 0 Å². The average molecular weight is 331 g/mol. The van der Waals surface area contributed by atoms with Crippen molar-refractivity contribution in [3.63, 3.8) is 0 Å². The molecule has 3 rings (SSSR count). The second-order valence-corrected chi connectivity index (χ2v) is 6.56. The van der Waals surface area contributed by atoms with Crippen molar-refractivity contribution in [1.29, 1.82) is 0 Å².